The molecule has 0 heterocycles. The summed E-state index contributed by atoms with van der Waals surface area (Å²) in [6, 6.07) is 6.03. The lowest BCUT2D eigenvalue weighted by Crippen LogP contribution is -2.58. The van der Waals surface area contributed by atoms with Gasteiger partial charge in [0.25, 0.3) is 0 Å². The van der Waals surface area contributed by atoms with Crippen molar-refractivity contribution >= 4 is 29.7 Å². The number of hydrogen-bond donors (Lipinski definition) is 2. The van der Waals surface area contributed by atoms with Gasteiger partial charge in [-0.3, -0.25) is 9.59 Å². The molecule has 1 aromatic carbocycles. The summed E-state index contributed by atoms with van der Waals surface area (Å²) >= 11 is 1.59. The quantitative estimate of drug-likeness (QED) is 0.349. The number of aryl methyl sites for hydroxylation is 1. The molecule has 2 N–H and O–H groups in total. The third-order valence-electron chi connectivity index (χ3n) is 5.54. The van der Waals surface area contributed by atoms with Crippen LogP contribution in [0.2, 0.25) is 0 Å². The lowest BCUT2D eigenvalue weighted by molar-refractivity contribution is -0.148. The molecule has 0 bridgehead atoms. The van der Waals surface area contributed by atoms with Gasteiger partial charge in [0.15, 0.2) is 0 Å². The number of benzene rings is 1. The molecule has 0 aromatic heterocycles. The zero-order chi connectivity index (χ0) is 27.5. The number of alkyl carbamates (subject to hydrolysis) is 1. The number of nitrogens with one attached hydrogen (secondary N) is 2. The Labute approximate surface area is 222 Å². The Hall–Kier alpha value is -2.22. The fourth-order valence-electron chi connectivity index (χ4n) is 3.81. The van der Waals surface area contributed by atoms with Gasteiger partial charge in [0, 0.05) is 12.1 Å². The fourth-order valence-corrected chi connectivity index (χ4v) is 4.28. The van der Waals surface area contributed by atoms with Crippen LogP contribution in [0.1, 0.15) is 91.3 Å². The maximum Gasteiger partial charge on any atom is 0.408 e. The maximum atomic E-state index is 14.1. The highest BCUT2D eigenvalue weighted by molar-refractivity contribution is 7.98. The molecule has 0 saturated carbocycles. The van der Waals surface area contributed by atoms with Crippen LogP contribution >= 0.6 is 11.8 Å². The molecule has 0 aliphatic rings. The predicted molar refractivity (Wildman–Crippen MR) is 149 cm³/mol. The van der Waals surface area contributed by atoms with E-state index in [2.05, 4.69) is 17.6 Å². The van der Waals surface area contributed by atoms with Gasteiger partial charge < -0.3 is 20.3 Å². The number of nitrogens with zero attached hydrogens (tertiary/aromatic N) is 1. The largest absolute Gasteiger partial charge is 0.444 e. The van der Waals surface area contributed by atoms with E-state index in [4.69, 9.17) is 4.74 Å². The minimum absolute atomic E-state index is 0.223. The Kier molecular flexibility index (Phi) is 12.8. The number of unbranched alkanes of at least 4 members (excludes halogenated alkanes) is 2. The number of carbonyl (C=O) groups excluding carboxylic acids is 3. The first-order valence-corrected chi connectivity index (χ1v) is 14.3. The average Bonchev–Trinajstić information content (AvgIpc) is 2.76. The van der Waals surface area contributed by atoms with Crippen LogP contribution in [0.4, 0.5) is 4.79 Å². The summed E-state index contributed by atoms with van der Waals surface area (Å²) in [7, 11) is 0. The minimum Gasteiger partial charge on any atom is -0.444 e. The third-order valence-corrected chi connectivity index (χ3v) is 6.18. The number of ether oxygens (including phenoxy) is 1. The standard InChI is InChI=1S/C28H47N3O4S/c1-10-11-12-18-29-24(32)23(21-15-13-20(2)14-16-21)31(27(3,4)5)25(33)22(17-19-36-9)30-26(34)35-28(6,7)8/h13-16,22-23H,10-12,17-19H2,1-9H3,(H,29,32)(H,30,34). The number of thioether (sulfide) groups is 1. The number of carbonyl (C=O) groups is 3. The van der Waals surface area contributed by atoms with Crippen LogP contribution in [0.3, 0.4) is 0 Å². The van der Waals surface area contributed by atoms with E-state index < -0.39 is 29.3 Å². The first-order valence-electron chi connectivity index (χ1n) is 12.9. The topological polar surface area (TPSA) is 87.7 Å². The Morgan fingerprint density at radius 3 is 2.14 bits per heavy atom. The van der Waals surface area contributed by atoms with E-state index in [9.17, 15) is 14.4 Å². The van der Waals surface area contributed by atoms with Gasteiger partial charge in [-0.15, -0.1) is 0 Å². The molecule has 8 heteroatoms. The monoisotopic (exact) mass is 521 g/mol. The molecular weight excluding hydrogens is 474 g/mol. The van der Waals surface area contributed by atoms with Gasteiger partial charge in [-0.1, -0.05) is 49.6 Å². The van der Waals surface area contributed by atoms with Crippen LogP contribution < -0.4 is 10.6 Å². The zero-order valence-corrected chi connectivity index (χ0v) is 24.5. The normalized spacial score (nSPS) is 13.5. The SMILES string of the molecule is CCCCCNC(=O)C(c1ccc(C)cc1)N(C(=O)C(CCSC)NC(=O)OC(C)(C)C)C(C)(C)C. The molecule has 0 radical (unpaired) electrons. The molecule has 0 fully saturated rings. The molecule has 3 amide bonds. The highest BCUT2D eigenvalue weighted by Crippen LogP contribution is 2.31. The summed E-state index contributed by atoms with van der Waals surface area (Å²) in [5, 5.41) is 5.82. The zero-order valence-electron chi connectivity index (χ0n) is 23.7. The van der Waals surface area contributed by atoms with Crippen LogP contribution in [-0.4, -0.2) is 58.5 Å². The van der Waals surface area contributed by atoms with Crippen molar-refractivity contribution in [3.05, 3.63) is 35.4 Å². The van der Waals surface area contributed by atoms with Crippen LogP contribution in [0.15, 0.2) is 24.3 Å². The van der Waals surface area contributed by atoms with E-state index in [-0.39, 0.29) is 11.8 Å². The van der Waals surface area contributed by atoms with E-state index in [1.165, 1.54) is 0 Å². The van der Waals surface area contributed by atoms with Crippen molar-refractivity contribution in [2.24, 2.45) is 0 Å². The van der Waals surface area contributed by atoms with Crippen LogP contribution in [0, 0.1) is 6.92 Å². The van der Waals surface area contributed by atoms with Crippen molar-refractivity contribution in [2.75, 3.05) is 18.6 Å². The van der Waals surface area contributed by atoms with E-state index in [0.29, 0.717) is 18.7 Å². The lowest BCUT2D eigenvalue weighted by Gasteiger charge is -2.43. The van der Waals surface area contributed by atoms with Gasteiger partial charge in [-0.25, -0.2) is 4.79 Å². The van der Waals surface area contributed by atoms with Crippen molar-refractivity contribution in [2.45, 2.75) is 104 Å². The Bertz CT molecular complexity index is 844. The van der Waals surface area contributed by atoms with Gasteiger partial charge >= 0.3 is 6.09 Å². The van der Waals surface area contributed by atoms with Crippen molar-refractivity contribution in [1.82, 2.24) is 15.5 Å². The van der Waals surface area contributed by atoms with Crippen molar-refractivity contribution in [1.29, 1.82) is 0 Å². The molecule has 2 unspecified atom stereocenters. The van der Waals surface area contributed by atoms with E-state index in [0.717, 1.165) is 30.4 Å². The van der Waals surface area contributed by atoms with Gasteiger partial charge in [0.1, 0.15) is 17.7 Å². The summed E-state index contributed by atoms with van der Waals surface area (Å²) in [6.45, 7) is 15.7. The summed E-state index contributed by atoms with van der Waals surface area (Å²) in [4.78, 5) is 42.0. The smallest absolute Gasteiger partial charge is 0.408 e. The molecule has 0 aliphatic heterocycles. The summed E-state index contributed by atoms with van der Waals surface area (Å²) in [5.74, 6) is 0.138. The number of amides is 3. The van der Waals surface area contributed by atoms with Crippen LogP contribution in [0.25, 0.3) is 0 Å². The van der Waals surface area contributed by atoms with Crippen molar-refractivity contribution in [3.63, 3.8) is 0 Å². The predicted octanol–water partition coefficient (Wildman–Crippen LogP) is 5.62. The maximum absolute atomic E-state index is 14.1. The lowest BCUT2D eigenvalue weighted by atomic mass is 9.94. The van der Waals surface area contributed by atoms with E-state index in [1.54, 1.807) is 37.4 Å². The molecule has 1 aromatic rings. The van der Waals surface area contributed by atoms with Gasteiger partial charge in [-0.2, -0.15) is 11.8 Å². The molecule has 1 rings (SSSR count). The van der Waals surface area contributed by atoms with Crippen molar-refractivity contribution < 1.29 is 19.1 Å². The first-order chi connectivity index (χ1) is 16.7. The highest BCUT2D eigenvalue weighted by atomic mass is 32.2. The molecule has 0 spiro atoms. The third kappa shape index (κ3) is 10.8. The average molecular weight is 522 g/mol. The van der Waals surface area contributed by atoms with Crippen LogP contribution in [0.5, 0.6) is 0 Å². The van der Waals surface area contributed by atoms with E-state index >= 15 is 0 Å². The first kappa shape index (κ1) is 31.8. The summed E-state index contributed by atoms with van der Waals surface area (Å²) in [6.07, 6.45) is 4.68. The Balaban J connectivity index is 3.43. The molecule has 2 atom stereocenters. The number of rotatable bonds is 12. The summed E-state index contributed by atoms with van der Waals surface area (Å²) in [5.41, 5.74) is 0.418. The van der Waals surface area contributed by atoms with Gasteiger partial charge in [0.2, 0.25) is 11.8 Å². The molecule has 204 valence electrons. The second-order valence-corrected chi connectivity index (χ2v) is 12.2. The minimum atomic E-state index is -0.836. The van der Waals surface area contributed by atoms with Gasteiger partial charge in [0.05, 0.1) is 0 Å². The van der Waals surface area contributed by atoms with E-state index in [1.807, 2.05) is 58.2 Å². The highest BCUT2D eigenvalue weighted by Gasteiger charge is 2.41. The van der Waals surface area contributed by atoms with Gasteiger partial charge in [-0.05, 0) is 78.9 Å². The molecule has 0 aliphatic carbocycles. The Morgan fingerprint density at radius 2 is 1.64 bits per heavy atom. The second kappa shape index (κ2) is 14.5. The molecule has 7 nitrogen and oxygen atoms in total. The Morgan fingerprint density at radius 1 is 1.03 bits per heavy atom. The van der Waals surface area contributed by atoms with Crippen LogP contribution in [-0.2, 0) is 14.3 Å². The van der Waals surface area contributed by atoms with Crippen molar-refractivity contribution in [3.8, 4) is 0 Å². The molecule has 0 saturated heterocycles. The second-order valence-electron chi connectivity index (χ2n) is 11.2. The molecule has 36 heavy (non-hydrogen) atoms. The fraction of sp³-hybridized carbons (Fsp3) is 0.679. The summed E-state index contributed by atoms with van der Waals surface area (Å²) < 4.78 is 5.44. The molecular formula is C28H47N3O4S. The number of hydrogen-bond acceptors (Lipinski definition) is 5.